The second-order valence-electron chi connectivity index (χ2n) is 4.19. The summed E-state index contributed by atoms with van der Waals surface area (Å²) in [6.07, 6.45) is 1.60. The number of ether oxygens (including phenoxy) is 1. The summed E-state index contributed by atoms with van der Waals surface area (Å²) >= 11 is 12.2. The molecule has 8 heteroatoms. The van der Waals surface area contributed by atoms with E-state index >= 15 is 0 Å². The van der Waals surface area contributed by atoms with E-state index in [-0.39, 0.29) is 5.75 Å². The molecule has 0 amide bonds. The topological polar surface area (TPSA) is 67.4 Å². The molecule has 0 aliphatic carbocycles. The predicted molar refractivity (Wildman–Crippen MR) is 86.7 cm³/mol. The van der Waals surface area contributed by atoms with E-state index < -0.39 is 10.0 Å². The summed E-state index contributed by atoms with van der Waals surface area (Å²) in [5.41, 5.74) is 0.845. The lowest BCUT2D eigenvalue weighted by Crippen LogP contribution is -2.29. The summed E-state index contributed by atoms with van der Waals surface area (Å²) in [6.45, 7) is 4.66. The zero-order chi connectivity index (χ0) is 15.9. The van der Waals surface area contributed by atoms with E-state index in [4.69, 9.17) is 27.9 Å². The molecule has 0 saturated carbocycles. The Kier molecular flexibility index (Phi) is 7.48. The lowest BCUT2D eigenvalue weighted by atomic mass is 10.2. The first-order chi connectivity index (χ1) is 9.89. The maximum atomic E-state index is 11.2. The molecule has 118 valence electrons. The normalized spacial score (nSPS) is 11.4. The molecule has 1 aromatic rings. The van der Waals surface area contributed by atoms with Crippen LogP contribution in [0.3, 0.4) is 0 Å². The molecule has 0 unspecified atom stereocenters. The molecular weight excluding hydrogens is 335 g/mol. The van der Waals surface area contributed by atoms with Gasteiger partial charge in [-0.3, -0.25) is 0 Å². The van der Waals surface area contributed by atoms with Crippen LogP contribution >= 0.6 is 23.2 Å². The highest BCUT2D eigenvalue weighted by atomic mass is 35.5. The molecule has 0 fully saturated rings. The number of nitrogens with one attached hydrogen (secondary N) is 2. The maximum absolute atomic E-state index is 11.2. The van der Waals surface area contributed by atoms with Crippen molar-refractivity contribution in [3.8, 4) is 5.75 Å². The standard InChI is InChI=1S/C13H18Cl2N2O3S/c1-3-5-20-13-11(14)7-10(8-12(13)15)9-17-4-6-21(18,19)16-2/h3,7-8,16-17H,1,4-6,9H2,2H3. The first kappa shape index (κ1) is 18.3. The zero-order valence-corrected chi connectivity index (χ0v) is 14.0. The molecule has 2 N–H and O–H groups in total. The predicted octanol–water partition coefficient (Wildman–Crippen LogP) is 2.20. The summed E-state index contributed by atoms with van der Waals surface area (Å²) in [4.78, 5) is 0. The Morgan fingerprint density at radius 1 is 1.33 bits per heavy atom. The molecule has 0 bridgehead atoms. The number of hydrogen-bond donors (Lipinski definition) is 2. The van der Waals surface area contributed by atoms with Crippen molar-refractivity contribution in [3.63, 3.8) is 0 Å². The van der Waals surface area contributed by atoms with Crippen LogP contribution in [0, 0.1) is 0 Å². The SMILES string of the molecule is C=CCOc1c(Cl)cc(CNCCS(=O)(=O)NC)cc1Cl. The highest BCUT2D eigenvalue weighted by Gasteiger charge is 2.10. The second kappa shape index (κ2) is 8.60. The second-order valence-corrected chi connectivity index (χ2v) is 7.05. The number of hydrogen-bond acceptors (Lipinski definition) is 4. The Morgan fingerprint density at radius 3 is 2.48 bits per heavy atom. The average molecular weight is 353 g/mol. The maximum Gasteiger partial charge on any atom is 0.212 e. The fourth-order valence-corrected chi connectivity index (χ4v) is 2.79. The van der Waals surface area contributed by atoms with Gasteiger partial charge in [0.25, 0.3) is 0 Å². The van der Waals surface area contributed by atoms with Gasteiger partial charge < -0.3 is 10.1 Å². The van der Waals surface area contributed by atoms with Gasteiger partial charge in [0.1, 0.15) is 6.61 Å². The van der Waals surface area contributed by atoms with Crippen molar-refractivity contribution < 1.29 is 13.2 Å². The molecule has 0 heterocycles. The van der Waals surface area contributed by atoms with Gasteiger partial charge in [0.05, 0.1) is 15.8 Å². The smallest absolute Gasteiger partial charge is 0.212 e. The lowest BCUT2D eigenvalue weighted by Gasteiger charge is -2.11. The Morgan fingerprint density at radius 2 is 1.95 bits per heavy atom. The number of benzene rings is 1. The first-order valence-electron chi connectivity index (χ1n) is 6.23. The third kappa shape index (κ3) is 6.23. The summed E-state index contributed by atoms with van der Waals surface area (Å²) in [7, 11) is -1.82. The number of halogens is 2. The van der Waals surface area contributed by atoms with Crippen molar-refractivity contribution in [2.45, 2.75) is 6.54 Å². The molecule has 0 aliphatic rings. The van der Waals surface area contributed by atoms with E-state index in [0.717, 1.165) is 5.56 Å². The highest BCUT2D eigenvalue weighted by Crippen LogP contribution is 2.34. The molecule has 5 nitrogen and oxygen atoms in total. The van der Waals surface area contributed by atoms with E-state index in [1.165, 1.54) is 7.05 Å². The fourth-order valence-electron chi connectivity index (χ4n) is 1.54. The van der Waals surface area contributed by atoms with Crippen LogP contribution < -0.4 is 14.8 Å². The summed E-state index contributed by atoms with van der Waals surface area (Å²) < 4.78 is 30.1. The third-order valence-electron chi connectivity index (χ3n) is 2.59. The van der Waals surface area contributed by atoms with E-state index in [0.29, 0.717) is 35.5 Å². The van der Waals surface area contributed by atoms with Crippen molar-refractivity contribution >= 4 is 33.2 Å². The van der Waals surface area contributed by atoms with Gasteiger partial charge in [-0.2, -0.15) is 0 Å². The van der Waals surface area contributed by atoms with Crippen LogP contribution in [-0.2, 0) is 16.6 Å². The van der Waals surface area contributed by atoms with Gasteiger partial charge in [-0.05, 0) is 24.7 Å². The van der Waals surface area contributed by atoms with E-state index in [2.05, 4.69) is 16.6 Å². The van der Waals surface area contributed by atoms with Gasteiger partial charge in [-0.25, -0.2) is 13.1 Å². The minimum Gasteiger partial charge on any atom is -0.486 e. The Labute approximate surface area is 135 Å². The van der Waals surface area contributed by atoms with Crippen LogP contribution in [0.2, 0.25) is 10.0 Å². The van der Waals surface area contributed by atoms with Gasteiger partial charge in [-0.1, -0.05) is 35.9 Å². The van der Waals surface area contributed by atoms with Crippen molar-refractivity contribution in [1.29, 1.82) is 0 Å². The van der Waals surface area contributed by atoms with Crippen molar-refractivity contribution in [2.75, 3.05) is 26.0 Å². The van der Waals surface area contributed by atoms with Crippen molar-refractivity contribution in [1.82, 2.24) is 10.0 Å². The first-order valence-corrected chi connectivity index (χ1v) is 8.64. The molecule has 0 spiro atoms. The van der Waals surface area contributed by atoms with Crippen LogP contribution in [0.15, 0.2) is 24.8 Å². The molecule has 0 aromatic heterocycles. The van der Waals surface area contributed by atoms with Crippen molar-refractivity contribution in [2.24, 2.45) is 0 Å². The van der Waals surface area contributed by atoms with Crippen LogP contribution in [0.4, 0.5) is 0 Å². The number of sulfonamides is 1. The molecule has 1 rings (SSSR count). The Bertz CT molecular complexity index is 568. The van der Waals surface area contributed by atoms with Crippen LogP contribution in [0.5, 0.6) is 5.75 Å². The van der Waals surface area contributed by atoms with Crippen molar-refractivity contribution in [3.05, 3.63) is 40.4 Å². The molecule has 1 aromatic carbocycles. The van der Waals surface area contributed by atoms with Gasteiger partial charge in [-0.15, -0.1) is 0 Å². The summed E-state index contributed by atoms with van der Waals surface area (Å²) in [6, 6.07) is 3.46. The summed E-state index contributed by atoms with van der Waals surface area (Å²) in [5.74, 6) is 0.422. The molecule has 0 saturated heterocycles. The monoisotopic (exact) mass is 352 g/mol. The van der Waals surface area contributed by atoms with Crippen LogP contribution in [-0.4, -0.2) is 34.4 Å². The van der Waals surface area contributed by atoms with Crippen LogP contribution in [0.25, 0.3) is 0 Å². The molecule has 0 radical (unpaired) electrons. The minimum atomic E-state index is -3.20. The van der Waals surface area contributed by atoms with E-state index in [1.54, 1.807) is 18.2 Å². The van der Waals surface area contributed by atoms with Gasteiger partial charge in [0.15, 0.2) is 5.75 Å². The Hall–Kier alpha value is -0.790. The summed E-state index contributed by atoms with van der Waals surface area (Å²) in [5, 5.41) is 3.83. The van der Waals surface area contributed by atoms with Crippen LogP contribution in [0.1, 0.15) is 5.56 Å². The fraction of sp³-hybridized carbons (Fsp3) is 0.385. The van der Waals surface area contributed by atoms with E-state index in [9.17, 15) is 8.42 Å². The molecule has 0 aliphatic heterocycles. The lowest BCUT2D eigenvalue weighted by molar-refractivity contribution is 0.363. The molecule has 0 atom stereocenters. The quantitative estimate of drug-likeness (QED) is 0.528. The molecular formula is C13H18Cl2N2O3S. The van der Waals surface area contributed by atoms with E-state index in [1.807, 2.05) is 0 Å². The highest BCUT2D eigenvalue weighted by molar-refractivity contribution is 7.89. The van der Waals surface area contributed by atoms with Gasteiger partial charge >= 0.3 is 0 Å². The zero-order valence-electron chi connectivity index (χ0n) is 11.7. The third-order valence-corrected chi connectivity index (χ3v) is 4.52. The number of rotatable bonds is 9. The average Bonchev–Trinajstić information content (AvgIpc) is 2.43. The van der Waals surface area contributed by atoms with Gasteiger partial charge in [0, 0.05) is 13.1 Å². The Balaban J connectivity index is 2.59. The molecule has 21 heavy (non-hydrogen) atoms. The van der Waals surface area contributed by atoms with Gasteiger partial charge in [0.2, 0.25) is 10.0 Å². The largest absolute Gasteiger partial charge is 0.486 e. The minimum absolute atomic E-state index is 0.00545.